The highest BCUT2D eigenvalue weighted by molar-refractivity contribution is 7.98. The van der Waals surface area contributed by atoms with Crippen molar-refractivity contribution in [2.75, 3.05) is 16.9 Å². The van der Waals surface area contributed by atoms with E-state index >= 15 is 0 Å². The minimum absolute atomic E-state index is 0.0214. The fraction of sp³-hybridized carbons (Fsp3) is 0.200. The number of hydrogen-bond acceptors (Lipinski definition) is 4. The molecular formula is C20H21N3OS. The molecule has 2 aromatic rings. The lowest BCUT2D eigenvalue weighted by atomic mass is 10.0. The number of nitrogens with zero attached hydrogens (tertiary/aromatic N) is 1. The van der Waals surface area contributed by atoms with Gasteiger partial charge in [0.05, 0.1) is 0 Å². The lowest BCUT2D eigenvalue weighted by Gasteiger charge is -2.13. The minimum Gasteiger partial charge on any atom is -0.360 e. The smallest absolute Gasteiger partial charge is 0.267 e. The highest BCUT2D eigenvalue weighted by atomic mass is 32.2. The van der Waals surface area contributed by atoms with Crippen molar-refractivity contribution in [3.63, 3.8) is 0 Å². The number of amides is 1. The van der Waals surface area contributed by atoms with E-state index in [-0.39, 0.29) is 11.5 Å². The monoisotopic (exact) mass is 351 g/mol. The summed E-state index contributed by atoms with van der Waals surface area (Å²) in [6.07, 6.45) is 3.43. The molecule has 4 nitrogen and oxygen atoms in total. The van der Waals surface area contributed by atoms with Crippen LogP contribution in [0.2, 0.25) is 0 Å². The number of thioether (sulfide) groups is 1. The number of nitrogens with one attached hydrogen (secondary N) is 2. The van der Waals surface area contributed by atoms with E-state index in [2.05, 4.69) is 24.5 Å². The minimum atomic E-state index is -0.427. The number of anilines is 2. The molecule has 0 saturated heterocycles. The third kappa shape index (κ3) is 5.13. The van der Waals surface area contributed by atoms with E-state index < -0.39 is 5.91 Å². The number of carbonyl (C=O) groups is 1. The SMILES string of the molecule is CSc1cccc(N/C=C(/C#N)C(=O)Nc2ccccc2C(C)C)c1. The Balaban J connectivity index is 2.14. The van der Waals surface area contributed by atoms with Crippen molar-refractivity contribution < 1.29 is 4.79 Å². The molecule has 2 rings (SSSR count). The molecule has 0 bridgehead atoms. The standard InChI is InChI=1S/C20H21N3OS/c1-14(2)18-9-4-5-10-19(18)23-20(24)15(12-21)13-22-16-7-6-8-17(11-16)25-3/h4-11,13-14,22H,1-3H3,(H,23,24)/b15-13-. The zero-order valence-electron chi connectivity index (χ0n) is 14.5. The van der Waals surface area contributed by atoms with E-state index in [4.69, 9.17) is 0 Å². The first-order chi connectivity index (χ1) is 12.0. The van der Waals surface area contributed by atoms with Crippen LogP contribution in [0.4, 0.5) is 11.4 Å². The van der Waals surface area contributed by atoms with E-state index in [0.29, 0.717) is 0 Å². The summed E-state index contributed by atoms with van der Waals surface area (Å²) in [4.78, 5) is 13.5. The number of rotatable bonds is 6. The summed E-state index contributed by atoms with van der Waals surface area (Å²) in [5.74, 6) is -0.150. The second-order valence-corrected chi connectivity index (χ2v) is 6.62. The summed E-state index contributed by atoms with van der Waals surface area (Å²) in [5.41, 5.74) is 2.62. The summed E-state index contributed by atoms with van der Waals surface area (Å²) in [5, 5.41) is 15.2. The second-order valence-electron chi connectivity index (χ2n) is 5.74. The number of nitriles is 1. The maximum absolute atomic E-state index is 12.4. The molecule has 0 heterocycles. The van der Waals surface area contributed by atoms with Crippen LogP contribution in [0.1, 0.15) is 25.3 Å². The fourth-order valence-corrected chi connectivity index (χ4v) is 2.78. The van der Waals surface area contributed by atoms with Crippen molar-refractivity contribution in [2.24, 2.45) is 0 Å². The first-order valence-electron chi connectivity index (χ1n) is 7.96. The quantitative estimate of drug-likeness (QED) is 0.437. The first-order valence-corrected chi connectivity index (χ1v) is 9.18. The Hall–Kier alpha value is -2.71. The van der Waals surface area contributed by atoms with Gasteiger partial charge in [-0.2, -0.15) is 5.26 Å². The van der Waals surface area contributed by atoms with Gasteiger partial charge >= 0.3 is 0 Å². The summed E-state index contributed by atoms with van der Waals surface area (Å²) in [6, 6.07) is 17.3. The Morgan fingerprint density at radius 1 is 1.20 bits per heavy atom. The molecule has 128 valence electrons. The van der Waals surface area contributed by atoms with Gasteiger partial charge in [-0.15, -0.1) is 11.8 Å². The molecule has 0 aliphatic carbocycles. The molecule has 0 aliphatic rings. The Morgan fingerprint density at radius 3 is 2.64 bits per heavy atom. The number of benzene rings is 2. The number of carbonyl (C=O) groups excluding carboxylic acids is 1. The van der Waals surface area contributed by atoms with E-state index in [0.717, 1.165) is 21.8 Å². The predicted molar refractivity (Wildman–Crippen MR) is 105 cm³/mol. The van der Waals surface area contributed by atoms with Crippen LogP contribution < -0.4 is 10.6 Å². The maximum Gasteiger partial charge on any atom is 0.267 e. The van der Waals surface area contributed by atoms with Crippen LogP contribution in [-0.2, 0) is 4.79 Å². The zero-order chi connectivity index (χ0) is 18.2. The number of para-hydroxylation sites is 1. The van der Waals surface area contributed by atoms with Gasteiger partial charge in [0.15, 0.2) is 0 Å². The average Bonchev–Trinajstić information content (AvgIpc) is 2.62. The highest BCUT2D eigenvalue weighted by Gasteiger charge is 2.13. The predicted octanol–water partition coefficient (Wildman–Crippen LogP) is 4.99. The average molecular weight is 351 g/mol. The van der Waals surface area contributed by atoms with Gasteiger partial charge < -0.3 is 10.6 Å². The van der Waals surface area contributed by atoms with Crippen LogP contribution in [0.25, 0.3) is 0 Å². The van der Waals surface area contributed by atoms with Gasteiger partial charge in [0.1, 0.15) is 11.6 Å². The molecule has 0 aliphatic heterocycles. The largest absolute Gasteiger partial charge is 0.360 e. The van der Waals surface area contributed by atoms with Gasteiger partial charge in [0, 0.05) is 22.5 Å². The third-order valence-corrected chi connectivity index (χ3v) is 4.37. The van der Waals surface area contributed by atoms with Gasteiger partial charge in [-0.25, -0.2) is 0 Å². The molecular weight excluding hydrogens is 330 g/mol. The molecule has 0 radical (unpaired) electrons. The van der Waals surface area contributed by atoms with Crippen molar-refractivity contribution in [1.82, 2.24) is 0 Å². The third-order valence-electron chi connectivity index (χ3n) is 3.65. The number of hydrogen-bond donors (Lipinski definition) is 2. The Bertz CT molecular complexity index is 822. The topological polar surface area (TPSA) is 64.9 Å². The van der Waals surface area contributed by atoms with Crippen LogP contribution in [0, 0.1) is 11.3 Å². The fourth-order valence-electron chi connectivity index (χ4n) is 2.32. The van der Waals surface area contributed by atoms with Crippen molar-refractivity contribution in [3.8, 4) is 6.07 Å². The summed E-state index contributed by atoms with van der Waals surface area (Å²) in [6.45, 7) is 4.12. The highest BCUT2D eigenvalue weighted by Crippen LogP contribution is 2.24. The summed E-state index contributed by atoms with van der Waals surface area (Å²) >= 11 is 1.63. The van der Waals surface area contributed by atoms with Crippen molar-refractivity contribution in [2.45, 2.75) is 24.7 Å². The van der Waals surface area contributed by atoms with Crippen molar-refractivity contribution in [3.05, 3.63) is 65.9 Å². The molecule has 1 amide bonds. The van der Waals surface area contributed by atoms with E-state index in [1.54, 1.807) is 11.8 Å². The first kappa shape index (κ1) is 18.6. The molecule has 0 atom stereocenters. The Morgan fingerprint density at radius 2 is 1.96 bits per heavy atom. The van der Waals surface area contributed by atoms with Gasteiger partial charge in [0.2, 0.25) is 0 Å². The molecule has 2 aromatic carbocycles. The van der Waals surface area contributed by atoms with Gasteiger partial charge in [0.25, 0.3) is 5.91 Å². The Kier molecular flexibility index (Phi) is 6.67. The second kappa shape index (κ2) is 8.95. The molecule has 0 fully saturated rings. The van der Waals surface area contributed by atoms with E-state index in [1.165, 1.54) is 6.20 Å². The molecule has 0 aromatic heterocycles. The molecule has 5 heteroatoms. The van der Waals surface area contributed by atoms with E-state index in [9.17, 15) is 10.1 Å². The maximum atomic E-state index is 12.4. The van der Waals surface area contributed by atoms with Gasteiger partial charge in [-0.1, -0.05) is 38.1 Å². The summed E-state index contributed by atoms with van der Waals surface area (Å²) < 4.78 is 0. The molecule has 0 saturated carbocycles. The molecule has 2 N–H and O–H groups in total. The van der Waals surface area contributed by atoms with Gasteiger partial charge in [-0.3, -0.25) is 4.79 Å². The molecule has 25 heavy (non-hydrogen) atoms. The van der Waals surface area contributed by atoms with Crippen molar-refractivity contribution in [1.29, 1.82) is 5.26 Å². The molecule has 0 unspecified atom stereocenters. The van der Waals surface area contributed by atoms with Crippen LogP contribution in [0.3, 0.4) is 0 Å². The zero-order valence-corrected chi connectivity index (χ0v) is 15.4. The van der Waals surface area contributed by atoms with Crippen LogP contribution in [-0.4, -0.2) is 12.2 Å². The Labute approximate surface area is 152 Å². The van der Waals surface area contributed by atoms with Crippen LogP contribution in [0.5, 0.6) is 0 Å². The van der Waals surface area contributed by atoms with Crippen molar-refractivity contribution >= 4 is 29.0 Å². The lowest BCUT2D eigenvalue weighted by molar-refractivity contribution is -0.112. The van der Waals surface area contributed by atoms with Gasteiger partial charge in [-0.05, 0) is 42.0 Å². The normalized spacial score (nSPS) is 11.1. The van der Waals surface area contributed by atoms with Crippen LogP contribution in [0.15, 0.2) is 65.2 Å². The summed E-state index contributed by atoms with van der Waals surface area (Å²) in [7, 11) is 0. The molecule has 0 spiro atoms. The van der Waals surface area contributed by atoms with Crippen LogP contribution >= 0.6 is 11.8 Å². The van der Waals surface area contributed by atoms with E-state index in [1.807, 2.05) is 60.9 Å². The lowest BCUT2D eigenvalue weighted by Crippen LogP contribution is -2.16.